The van der Waals surface area contributed by atoms with E-state index in [2.05, 4.69) is 10.2 Å². The Bertz CT molecular complexity index is 924. The van der Waals surface area contributed by atoms with Gasteiger partial charge in [-0.1, -0.05) is 18.6 Å². The number of hydrogen-bond donors (Lipinski definition) is 1. The van der Waals surface area contributed by atoms with Crippen LogP contribution in [0.5, 0.6) is 5.75 Å². The van der Waals surface area contributed by atoms with Gasteiger partial charge in [-0.25, -0.2) is 4.39 Å². The van der Waals surface area contributed by atoms with E-state index in [-0.39, 0.29) is 29.6 Å². The average Bonchev–Trinajstić information content (AvgIpc) is 3.28. The van der Waals surface area contributed by atoms with E-state index in [0.717, 1.165) is 44.5 Å². The Balaban J connectivity index is 1.29. The van der Waals surface area contributed by atoms with E-state index < -0.39 is 0 Å². The molecule has 2 aromatic carbocycles. The minimum Gasteiger partial charge on any atom is -0.497 e. The third kappa shape index (κ3) is 5.27. The second-order valence-electron chi connectivity index (χ2n) is 8.57. The first kappa shape index (κ1) is 22.3. The third-order valence-corrected chi connectivity index (χ3v) is 6.51. The lowest BCUT2D eigenvalue weighted by molar-refractivity contribution is -0.137. The van der Waals surface area contributed by atoms with Crippen molar-refractivity contribution >= 4 is 11.8 Å². The van der Waals surface area contributed by atoms with Gasteiger partial charge in [0.05, 0.1) is 13.0 Å². The number of halogens is 1. The summed E-state index contributed by atoms with van der Waals surface area (Å²) in [4.78, 5) is 30.1. The number of methoxy groups -OCH3 is 1. The molecule has 0 radical (unpaired) electrons. The fourth-order valence-corrected chi connectivity index (χ4v) is 4.63. The number of ether oxygens (including phenoxy) is 1. The van der Waals surface area contributed by atoms with Gasteiger partial charge in [-0.15, -0.1) is 0 Å². The molecule has 1 saturated heterocycles. The zero-order valence-corrected chi connectivity index (χ0v) is 18.4. The monoisotopic (exact) mass is 439 g/mol. The van der Waals surface area contributed by atoms with Crippen LogP contribution in [0.3, 0.4) is 0 Å². The molecule has 6 nitrogen and oxygen atoms in total. The molecule has 32 heavy (non-hydrogen) atoms. The number of amides is 2. The molecular weight excluding hydrogens is 409 g/mol. The van der Waals surface area contributed by atoms with Crippen LogP contribution in [0.2, 0.25) is 0 Å². The maximum Gasteiger partial charge on any atom is 0.251 e. The molecule has 4 rings (SSSR count). The van der Waals surface area contributed by atoms with Gasteiger partial charge in [0.15, 0.2) is 0 Å². The Morgan fingerprint density at radius 1 is 1.00 bits per heavy atom. The van der Waals surface area contributed by atoms with Crippen molar-refractivity contribution < 1.29 is 18.7 Å². The topological polar surface area (TPSA) is 61.9 Å². The van der Waals surface area contributed by atoms with Crippen molar-refractivity contribution in [3.63, 3.8) is 0 Å². The molecule has 170 valence electrons. The second-order valence-corrected chi connectivity index (χ2v) is 8.57. The summed E-state index contributed by atoms with van der Waals surface area (Å²) >= 11 is 0. The van der Waals surface area contributed by atoms with Gasteiger partial charge in [-0.05, 0) is 54.8 Å². The molecule has 2 amide bonds. The van der Waals surface area contributed by atoms with Crippen LogP contribution in [0.15, 0.2) is 48.5 Å². The minimum atomic E-state index is -0.227. The number of carbonyl (C=O) groups is 2. The van der Waals surface area contributed by atoms with Crippen LogP contribution in [-0.2, 0) is 11.3 Å². The van der Waals surface area contributed by atoms with Gasteiger partial charge in [0.2, 0.25) is 5.91 Å². The Morgan fingerprint density at radius 2 is 1.69 bits per heavy atom. The van der Waals surface area contributed by atoms with Crippen LogP contribution in [0, 0.1) is 11.7 Å². The summed E-state index contributed by atoms with van der Waals surface area (Å²) < 4.78 is 18.2. The van der Waals surface area contributed by atoms with Crippen molar-refractivity contribution in [3.8, 4) is 5.75 Å². The standard InChI is InChI=1S/C25H30FN3O3/c1-32-21-11-7-19(8-12-21)24(30)27-23-4-2-3-22(23)25(31)29-15-13-28(14-16-29)17-18-5-9-20(26)10-6-18/h5-12,22-23H,2-4,13-17H2,1H3,(H,27,30)/t22-,23+/m0/s1. The van der Waals surface area contributed by atoms with Gasteiger partial charge in [0, 0.05) is 44.3 Å². The SMILES string of the molecule is COc1ccc(C(=O)N[C@@H]2CCC[C@@H]2C(=O)N2CCN(Cc3ccc(F)cc3)CC2)cc1. The number of benzene rings is 2. The van der Waals surface area contributed by atoms with E-state index in [1.54, 1.807) is 31.4 Å². The predicted octanol–water partition coefficient (Wildman–Crippen LogP) is 3.08. The zero-order chi connectivity index (χ0) is 22.5. The molecule has 1 heterocycles. The molecule has 7 heteroatoms. The number of hydrogen-bond acceptors (Lipinski definition) is 4. The highest BCUT2D eigenvalue weighted by Gasteiger charge is 2.37. The Hall–Kier alpha value is -2.93. The van der Waals surface area contributed by atoms with Crippen molar-refractivity contribution in [1.82, 2.24) is 15.1 Å². The lowest BCUT2D eigenvalue weighted by atomic mass is 10.0. The summed E-state index contributed by atoms with van der Waals surface area (Å²) in [6, 6.07) is 13.4. The number of carbonyl (C=O) groups excluding carboxylic acids is 2. The molecule has 2 fully saturated rings. The smallest absolute Gasteiger partial charge is 0.251 e. The highest BCUT2D eigenvalue weighted by molar-refractivity contribution is 5.95. The first-order chi connectivity index (χ1) is 15.5. The maximum atomic E-state index is 13.2. The molecule has 2 aliphatic rings. The van der Waals surface area contributed by atoms with Gasteiger partial charge >= 0.3 is 0 Å². The van der Waals surface area contributed by atoms with Gasteiger partial charge in [0.1, 0.15) is 11.6 Å². The van der Waals surface area contributed by atoms with Crippen molar-refractivity contribution in [1.29, 1.82) is 0 Å². The molecule has 0 unspecified atom stereocenters. The second kappa shape index (κ2) is 10.1. The van der Waals surface area contributed by atoms with Gasteiger partial charge in [-0.2, -0.15) is 0 Å². The molecule has 1 saturated carbocycles. The van der Waals surface area contributed by atoms with Crippen molar-refractivity contribution in [2.75, 3.05) is 33.3 Å². The summed E-state index contributed by atoms with van der Waals surface area (Å²) in [5, 5.41) is 3.08. The summed E-state index contributed by atoms with van der Waals surface area (Å²) in [5.41, 5.74) is 1.64. The van der Waals surface area contributed by atoms with Crippen LogP contribution >= 0.6 is 0 Å². The predicted molar refractivity (Wildman–Crippen MR) is 120 cm³/mol. The van der Waals surface area contributed by atoms with E-state index in [0.29, 0.717) is 24.4 Å². The van der Waals surface area contributed by atoms with Crippen LogP contribution in [-0.4, -0.2) is 60.9 Å². The summed E-state index contributed by atoms with van der Waals surface area (Å²) in [6.07, 6.45) is 2.57. The van der Waals surface area contributed by atoms with Crippen LogP contribution in [0.1, 0.15) is 35.2 Å². The first-order valence-electron chi connectivity index (χ1n) is 11.2. The van der Waals surface area contributed by atoms with Gasteiger partial charge in [-0.3, -0.25) is 14.5 Å². The van der Waals surface area contributed by atoms with Gasteiger partial charge in [0.25, 0.3) is 5.91 Å². The van der Waals surface area contributed by atoms with E-state index in [1.165, 1.54) is 12.1 Å². The zero-order valence-electron chi connectivity index (χ0n) is 18.4. The molecule has 1 aliphatic heterocycles. The largest absolute Gasteiger partial charge is 0.497 e. The molecule has 0 aromatic heterocycles. The third-order valence-electron chi connectivity index (χ3n) is 6.51. The van der Waals surface area contributed by atoms with E-state index >= 15 is 0 Å². The van der Waals surface area contributed by atoms with Crippen molar-refractivity contribution in [2.24, 2.45) is 5.92 Å². The number of rotatable bonds is 6. The minimum absolute atomic E-state index is 0.130. The molecule has 2 atom stereocenters. The molecule has 1 aliphatic carbocycles. The first-order valence-corrected chi connectivity index (χ1v) is 11.2. The molecule has 1 N–H and O–H groups in total. The summed E-state index contributed by atoms with van der Waals surface area (Å²) in [5.74, 6) is 0.301. The number of nitrogens with one attached hydrogen (secondary N) is 1. The van der Waals surface area contributed by atoms with E-state index in [4.69, 9.17) is 4.74 Å². The van der Waals surface area contributed by atoms with Crippen molar-refractivity contribution in [2.45, 2.75) is 31.8 Å². The van der Waals surface area contributed by atoms with Crippen LogP contribution in [0.4, 0.5) is 4.39 Å². The molecule has 2 aromatic rings. The van der Waals surface area contributed by atoms with Crippen molar-refractivity contribution in [3.05, 3.63) is 65.5 Å². The normalized spacial score (nSPS) is 21.4. The van der Waals surface area contributed by atoms with Gasteiger partial charge < -0.3 is 15.0 Å². The lowest BCUT2D eigenvalue weighted by Crippen LogP contribution is -2.52. The Morgan fingerprint density at radius 3 is 2.34 bits per heavy atom. The highest BCUT2D eigenvalue weighted by Crippen LogP contribution is 2.28. The van der Waals surface area contributed by atoms with E-state index in [9.17, 15) is 14.0 Å². The lowest BCUT2D eigenvalue weighted by Gasteiger charge is -2.37. The molecule has 0 bridgehead atoms. The number of piperazine rings is 1. The Labute approximate surface area is 188 Å². The van der Waals surface area contributed by atoms with Crippen LogP contribution < -0.4 is 10.1 Å². The summed E-state index contributed by atoms with van der Waals surface area (Å²) in [6.45, 7) is 3.69. The summed E-state index contributed by atoms with van der Waals surface area (Å²) in [7, 11) is 1.59. The quantitative estimate of drug-likeness (QED) is 0.752. The van der Waals surface area contributed by atoms with Crippen LogP contribution in [0.25, 0.3) is 0 Å². The fourth-order valence-electron chi connectivity index (χ4n) is 4.63. The number of nitrogens with zero attached hydrogens (tertiary/aromatic N) is 2. The fraction of sp³-hybridized carbons (Fsp3) is 0.440. The molecule has 0 spiro atoms. The Kier molecular flexibility index (Phi) is 7.05. The maximum absolute atomic E-state index is 13.2. The molecular formula is C25H30FN3O3. The average molecular weight is 440 g/mol. The van der Waals surface area contributed by atoms with E-state index in [1.807, 2.05) is 17.0 Å². The highest BCUT2D eigenvalue weighted by atomic mass is 19.1.